The van der Waals surface area contributed by atoms with Crippen molar-refractivity contribution in [2.45, 2.75) is 20.8 Å². The number of benzene rings is 7. The Bertz CT molecular complexity index is 3100. The quantitative estimate of drug-likeness (QED) is 0.143. The monoisotopic (exact) mass is 811 g/mol. The topological polar surface area (TPSA) is 90.2 Å². The van der Waals surface area contributed by atoms with E-state index in [1.807, 2.05) is 79.7 Å². The van der Waals surface area contributed by atoms with Gasteiger partial charge >= 0.3 is 0 Å². The van der Waals surface area contributed by atoms with E-state index in [1.165, 1.54) is 11.1 Å². The van der Waals surface area contributed by atoms with Gasteiger partial charge in [-0.25, -0.2) is 29.9 Å². The molecule has 7 nitrogen and oxygen atoms in total. The lowest BCUT2D eigenvalue weighted by Crippen LogP contribution is -2.01. The molecule has 0 unspecified atom stereocenters. The second-order valence-electron chi connectivity index (χ2n) is 15.6. The molecule has 0 bridgehead atoms. The van der Waals surface area contributed by atoms with E-state index in [1.54, 1.807) is 0 Å². The van der Waals surface area contributed by atoms with E-state index in [2.05, 4.69) is 135 Å². The SMILES string of the molecule is Cc1ccc(-c2nc(-c3ccc(C)cc3)nc(-c3ccc(-c4ccc(-c5cccc(C)n5)cc4-c4ccccc4-c4nc(-c5ccccc5)nc(-c5ccccc5)n4)cc3)n2)cc1. The standard InChI is InChI=1S/C56H41N7/c1-36-21-25-42(26-22-36)53-59-54(43-27-23-37(2)24-28-43)61-55(60-53)44-31-29-39(30-32-44)46-34-33-45(50-20-12-13-38(3)57-50)35-49(46)47-18-10-11-19-48(47)56-62-51(40-14-6-4-7-15-40)58-52(63-56)41-16-8-5-9-17-41/h4-35H,1-3H3. The van der Waals surface area contributed by atoms with E-state index in [0.717, 1.165) is 72.6 Å². The summed E-state index contributed by atoms with van der Waals surface area (Å²) in [6.45, 7) is 6.18. The Morgan fingerprint density at radius 2 is 0.635 bits per heavy atom. The molecule has 300 valence electrons. The van der Waals surface area contributed by atoms with Crippen molar-refractivity contribution in [1.29, 1.82) is 0 Å². The van der Waals surface area contributed by atoms with E-state index < -0.39 is 0 Å². The van der Waals surface area contributed by atoms with Crippen molar-refractivity contribution in [3.8, 4) is 102 Å². The molecule has 0 spiro atoms. The van der Waals surface area contributed by atoms with Crippen molar-refractivity contribution < 1.29 is 0 Å². The molecule has 0 aliphatic rings. The van der Waals surface area contributed by atoms with E-state index in [9.17, 15) is 0 Å². The highest BCUT2D eigenvalue weighted by molar-refractivity contribution is 5.93. The van der Waals surface area contributed by atoms with Gasteiger partial charge in [0.05, 0.1) is 5.69 Å². The maximum absolute atomic E-state index is 5.14. The predicted molar refractivity (Wildman–Crippen MR) is 254 cm³/mol. The maximum atomic E-state index is 5.14. The highest BCUT2D eigenvalue weighted by atomic mass is 15.0. The number of aromatic nitrogens is 7. The summed E-state index contributed by atoms with van der Waals surface area (Å²) < 4.78 is 0. The molecule has 0 N–H and O–H groups in total. The van der Waals surface area contributed by atoms with Gasteiger partial charge in [0.15, 0.2) is 34.9 Å². The molecular formula is C56H41N7. The van der Waals surface area contributed by atoms with Gasteiger partial charge in [-0.1, -0.05) is 187 Å². The van der Waals surface area contributed by atoms with Gasteiger partial charge < -0.3 is 0 Å². The molecule has 0 saturated carbocycles. The van der Waals surface area contributed by atoms with Crippen LogP contribution in [0.2, 0.25) is 0 Å². The van der Waals surface area contributed by atoms with Crippen LogP contribution in [0.1, 0.15) is 16.8 Å². The van der Waals surface area contributed by atoms with Gasteiger partial charge in [-0.05, 0) is 61.2 Å². The molecule has 7 heteroatoms. The van der Waals surface area contributed by atoms with Crippen molar-refractivity contribution in [3.63, 3.8) is 0 Å². The summed E-state index contributed by atoms with van der Waals surface area (Å²) in [5.74, 6) is 3.66. The van der Waals surface area contributed by atoms with Crippen LogP contribution >= 0.6 is 0 Å². The number of rotatable bonds is 9. The van der Waals surface area contributed by atoms with Crippen LogP contribution in [-0.2, 0) is 0 Å². The van der Waals surface area contributed by atoms with Crippen LogP contribution in [0.3, 0.4) is 0 Å². The molecule has 7 aromatic carbocycles. The summed E-state index contributed by atoms with van der Waals surface area (Å²) in [6, 6.07) is 66.2. The molecular weight excluding hydrogens is 771 g/mol. The molecule has 0 amide bonds. The molecule has 63 heavy (non-hydrogen) atoms. The first kappa shape index (κ1) is 38.9. The fourth-order valence-electron chi connectivity index (χ4n) is 7.69. The van der Waals surface area contributed by atoms with Gasteiger partial charge in [0.25, 0.3) is 0 Å². The molecule has 0 fully saturated rings. The Kier molecular flexibility index (Phi) is 10.5. The molecule has 0 radical (unpaired) electrons. The largest absolute Gasteiger partial charge is 0.253 e. The van der Waals surface area contributed by atoms with Gasteiger partial charge in [0.1, 0.15) is 0 Å². The van der Waals surface area contributed by atoms with Gasteiger partial charge in [-0.3, -0.25) is 4.98 Å². The minimum Gasteiger partial charge on any atom is -0.253 e. The van der Waals surface area contributed by atoms with Crippen LogP contribution in [0.5, 0.6) is 0 Å². The Labute approximate surface area is 367 Å². The van der Waals surface area contributed by atoms with Crippen molar-refractivity contribution in [2.75, 3.05) is 0 Å². The average Bonchev–Trinajstić information content (AvgIpc) is 3.34. The average molecular weight is 812 g/mol. The van der Waals surface area contributed by atoms with Gasteiger partial charge in [0.2, 0.25) is 0 Å². The lowest BCUT2D eigenvalue weighted by atomic mass is 9.89. The molecule has 3 heterocycles. The normalized spacial score (nSPS) is 11.1. The van der Waals surface area contributed by atoms with Gasteiger partial charge in [-0.15, -0.1) is 0 Å². The van der Waals surface area contributed by atoms with Crippen molar-refractivity contribution in [1.82, 2.24) is 34.9 Å². The van der Waals surface area contributed by atoms with Gasteiger partial charge in [-0.2, -0.15) is 0 Å². The third-order valence-corrected chi connectivity index (χ3v) is 11.1. The highest BCUT2D eigenvalue weighted by Gasteiger charge is 2.20. The molecule has 0 saturated heterocycles. The first-order chi connectivity index (χ1) is 30.9. The Morgan fingerprint density at radius 3 is 1.13 bits per heavy atom. The number of hydrogen-bond donors (Lipinski definition) is 0. The van der Waals surface area contributed by atoms with E-state index in [4.69, 9.17) is 34.9 Å². The zero-order valence-electron chi connectivity index (χ0n) is 35.1. The first-order valence-electron chi connectivity index (χ1n) is 21.0. The van der Waals surface area contributed by atoms with Crippen LogP contribution in [0.25, 0.3) is 102 Å². The van der Waals surface area contributed by atoms with E-state index >= 15 is 0 Å². The zero-order chi connectivity index (χ0) is 42.7. The molecule has 0 atom stereocenters. The summed E-state index contributed by atoms with van der Waals surface area (Å²) in [5.41, 5.74) is 14.8. The zero-order valence-corrected chi connectivity index (χ0v) is 35.1. The number of pyridine rings is 1. The summed E-state index contributed by atoms with van der Waals surface area (Å²) in [6.07, 6.45) is 0. The Balaban J connectivity index is 1.12. The van der Waals surface area contributed by atoms with Crippen molar-refractivity contribution >= 4 is 0 Å². The van der Waals surface area contributed by atoms with Crippen molar-refractivity contribution in [2.24, 2.45) is 0 Å². The number of aryl methyl sites for hydroxylation is 3. The smallest absolute Gasteiger partial charge is 0.164 e. The fraction of sp³-hybridized carbons (Fsp3) is 0.0536. The predicted octanol–water partition coefficient (Wildman–Crippen LogP) is 13.4. The minimum atomic E-state index is 0.585. The number of hydrogen-bond acceptors (Lipinski definition) is 7. The van der Waals surface area contributed by atoms with E-state index in [-0.39, 0.29) is 0 Å². The van der Waals surface area contributed by atoms with Crippen molar-refractivity contribution in [3.05, 3.63) is 211 Å². The van der Waals surface area contributed by atoms with E-state index in [0.29, 0.717) is 34.9 Å². The molecule has 3 aromatic heterocycles. The van der Waals surface area contributed by atoms with Crippen LogP contribution in [-0.4, -0.2) is 34.9 Å². The summed E-state index contributed by atoms with van der Waals surface area (Å²) in [5, 5.41) is 0. The highest BCUT2D eigenvalue weighted by Crippen LogP contribution is 2.41. The molecule has 10 rings (SSSR count). The molecule has 10 aromatic rings. The molecule has 0 aliphatic carbocycles. The second kappa shape index (κ2) is 17.0. The summed E-state index contributed by atoms with van der Waals surface area (Å²) >= 11 is 0. The van der Waals surface area contributed by atoms with Crippen LogP contribution in [0, 0.1) is 20.8 Å². The Hall–Kier alpha value is -8.29. The summed E-state index contributed by atoms with van der Waals surface area (Å²) in [7, 11) is 0. The second-order valence-corrected chi connectivity index (χ2v) is 15.6. The maximum Gasteiger partial charge on any atom is 0.164 e. The third kappa shape index (κ3) is 8.28. The summed E-state index contributed by atoms with van der Waals surface area (Å²) in [4.78, 5) is 35.1. The van der Waals surface area contributed by atoms with Crippen LogP contribution < -0.4 is 0 Å². The Morgan fingerprint density at radius 1 is 0.238 bits per heavy atom. The lowest BCUT2D eigenvalue weighted by molar-refractivity contribution is 1.07. The lowest BCUT2D eigenvalue weighted by Gasteiger charge is -2.17. The third-order valence-electron chi connectivity index (χ3n) is 11.1. The minimum absolute atomic E-state index is 0.585. The number of nitrogens with zero attached hydrogens (tertiary/aromatic N) is 7. The fourth-order valence-corrected chi connectivity index (χ4v) is 7.69. The van der Waals surface area contributed by atoms with Crippen LogP contribution in [0.15, 0.2) is 194 Å². The first-order valence-corrected chi connectivity index (χ1v) is 21.0. The van der Waals surface area contributed by atoms with Crippen LogP contribution in [0.4, 0.5) is 0 Å². The van der Waals surface area contributed by atoms with Gasteiger partial charge in [0, 0.05) is 44.6 Å². The molecule has 0 aliphatic heterocycles.